The van der Waals surface area contributed by atoms with Gasteiger partial charge in [-0.25, -0.2) is 19.8 Å². The van der Waals surface area contributed by atoms with Gasteiger partial charge in [0.25, 0.3) is 0 Å². The molecule has 1 fully saturated rings. The standard InChI is InChI=1S/C16H22N6O2/c1-3-4-7-14(23)19-22-10-9-21(16(22)24)11-13-18-12-6-5-8-17-15(12)20(13)2/h5-6,8H,3-4,7,9-11H2,1-2H3,(H,19,23). The van der Waals surface area contributed by atoms with Crippen LogP contribution in [0, 0.1) is 0 Å². The summed E-state index contributed by atoms with van der Waals surface area (Å²) in [5.41, 5.74) is 4.29. The molecule has 0 radical (unpaired) electrons. The van der Waals surface area contributed by atoms with Crippen LogP contribution >= 0.6 is 0 Å². The number of hydrogen-bond acceptors (Lipinski definition) is 4. The van der Waals surface area contributed by atoms with E-state index in [-0.39, 0.29) is 11.9 Å². The molecule has 2 aromatic rings. The number of aromatic nitrogens is 3. The van der Waals surface area contributed by atoms with Crippen LogP contribution in [0.3, 0.4) is 0 Å². The van der Waals surface area contributed by atoms with Gasteiger partial charge in [-0.3, -0.25) is 10.2 Å². The Morgan fingerprint density at radius 2 is 2.21 bits per heavy atom. The Kier molecular flexibility index (Phi) is 4.64. The predicted molar refractivity (Wildman–Crippen MR) is 88.7 cm³/mol. The molecule has 1 saturated heterocycles. The number of pyridine rings is 1. The van der Waals surface area contributed by atoms with Gasteiger partial charge in [-0.2, -0.15) is 0 Å². The van der Waals surface area contributed by atoms with Crippen LogP contribution in [0.1, 0.15) is 32.0 Å². The number of amides is 3. The smallest absolute Gasteiger partial charge is 0.314 e. The first-order valence-electron chi connectivity index (χ1n) is 8.22. The third-order valence-corrected chi connectivity index (χ3v) is 4.16. The molecule has 1 aliphatic heterocycles. The second kappa shape index (κ2) is 6.86. The van der Waals surface area contributed by atoms with Crippen LogP contribution < -0.4 is 5.43 Å². The second-order valence-corrected chi connectivity index (χ2v) is 5.93. The lowest BCUT2D eigenvalue weighted by Crippen LogP contribution is -2.44. The maximum Gasteiger partial charge on any atom is 0.339 e. The molecular formula is C16H22N6O2. The molecule has 8 heteroatoms. The average molecular weight is 330 g/mol. The van der Waals surface area contributed by atoms with E-state index in [0.29, 0.717) is 26.1 Å². The molecule has 3 amide bonds. The van der Waals surface area contributed by atoms with E-state index in [1.165, 1.54) is 5.01 Å². The maximum atomic E-state index is 12.4. The number of hydrogen-bond donors (Lipinski definition) is 1. The van der Waals surface area contributed by atoms with E-state index in [1.807, 2.05) is 30.7 Å². The van der Waals surface area contributed by atoms with Crippen LogP contribution in [0.2, 0.25) is 0 Å². The Hall–Kier alpha value is -2.64. The van der Waals surface area contributed by atoms with Crippen LogP contribution in [0.5, 0.6) is 0 Å². The Bertz CT molecular complexity index is 756. The van der Waals surface area contributed by atoms with E-state index >= 15 is 0 Å². The number of urea groups is 1. The molecule has 1 N–H and O–H groups in total. The highest BCUT2D eigenvalue weighted by molar-refractivity contribution is 5.82. The Morgan fingerprint density at radius 3 is 2.96 bits per heavy atom. The Balaban J connectivity index is 1.65. The van der Waals surface area contributed by atoms with Gasteiger partial charge in [-0.15, -0.1) is 0 Å². The average Bonchev–Trinajstić information content (AvgIpc) is 3.08. The van der Waals surface area contributed by atoms with Gasteiger partial charge in [0.2, 0.25) is 5.91 Å². The summed E-state index contributed by atoms with van der Waals surface area (Å²) < 4.78 is 1.89. The number of carbonyl (C=O) groups is 2. The molecule has 3 heterocycles. The van der Waals surface area contributed by atoms with E-state index < -0.39 is 0 Å². The largest absolute Gasteiger partial charge is 0.339 e. The van der Waals surface area contributed by atoms with Gasteiger partial charge in [0, 0.05) is 26.2 Å². The van der Waals surface area contributed by atoms with Crippen LogP contribution in [0.15, 0.2) is 18.3 Å². The van der Waals surface area contributed by atoms with E-state index in [9.17, 15) is 9.59 Å². The van der Waals surface area contributed by atoms with Crippen molar-refractivity contribution in [1.29, 1.82) is 0 Å². The SMILES string of the molecule is CCCCC(=O)NN1CCN(Cc2nc3cccnc3n2C)C1=O. The van der Waals surface area contributed by atoms with Crippen molar-refractivity contribution >= 4 is 23.1 Å². The fourth-order valence-corrected chi connectivity index (χ4v) is 2.76. The molecule has 0 unspecified atom stereocenters. The van der Waals surface area contributed by atoms with E-state index in [2.05, 4.69) is 15.4 Å². The monoisotopic (exact) mass is 330 g/mol. The summed E-state index contributed by atoms with van der Waals surface area (Å²) in [7, 11) is 1.89. The Labute approximate surface area is 140 Å². The second-order valence-electron chi connectivity index (χ2n) is 5.93. The number of unbranched alkanes of at least 4 members (excludes halogenated alkanes) is 1. The van der Waals surface area contributed by atoms with Crippen LogP contribution in [0.4, 0.5) is 4.79 Å². The first kappa shape index (κ1) is 16.2. The topological polar surface area (TPSA) is 83.4 Å². The summed E-state index contributed by atoms with van der Waals surface area (Å²) in [5, 5.41) is 1.39. The van der Waals surface area contributed by atoms with Crippen molar-refractivity contribution in [2.75, 3.05) is 13.1 Å². The molecule has 24 heavy (non-hydrogen) atoms. The van der Waals surface area contributed by atoms with Crippen molar-refractivity contribution in [1.82, 2.24) is 29.9 Å². The molecule has 0 atom stereocenters. The van der Waals surface area contributed by atoms with Crippen LogP contribution in [0.25, 0.3) is 11.2 Å². The Morgan fingerprint density at radius 1 is 1.38 bits per heavy atom. The number of nitrogens with one attached hydrogen (secondary N) is 1. The maximum absolute atomic E-state index is 12.4. The quantitative estimate of drug-likeness (QED) is 0.868. The van der Waals surface area contributed by atoms with Gasteiger partial charge in [0.05, 0.1) is 13.1 Å². The highest BCUT2D eigenvalue weighted by Crippen LogP contribution is 2.16. The van der Waals surface area contributed by atoms with Crippen molar-refractivity contribution in [3.63, 3.8) is 0 Å². The minimum atomic E-state index is -0.195. The van der Waals surface area contributed by atoms with Gasteiger partial charge in [0.1, 0.15) is 11.3 Å². The minimum absolute atomic E-state index is 0.112. The van der Waals surface area contributed by atoms with Gasteiger partial charge >= 0.3 is 6.03 Å². The van der Waals surface area contributed by atoms with Crippen LogP contribution in [-0.4, -0.2) is 49.5 Å². The molecule has 0 aliphatic carbocycles. The molecule has 8 nitrogen and oxygen atoms in total. The van der Waals surface area contributed by atoms with Gasteiger partial charge in [-0.05, 0) is 18.6 Å². The number of imidazole rings is 1. The molecule has 2 aromatic heterocycles. The van der Waals surface area contributed by atoms with Gasteiger partial charge in [-0.1, -0.05) is 13.3 Å². The number of fused-ring (bicyclic) bond motifs is 1. The molecule has 0 aromatic carbocycles. The fourth-order valence-electron chi connectivity index (χ4n) is 2.76. The van der Waals surface area contributed by atoms with Gasteiger partial charge in [0.15, 0.2) is 5.65 Å². The minimum Gasteiger partial charge on any atom is -0.314 e. The normalized spacial score (nSPS) is 14.7. The molecule has 0 saturated carbocycles. The first-order valence-corrected chi connectivity index (χ1v) is 8.22. The zero-order valence-corrected chi connectivity index (χ0v) is 14.0. The number of rotatable bonds is 6. The number of nitrogens with zero attached hydrogens (tertiary/aromatic N) is 5. The highest BCUT2D eigenvalue weighted by Gasteiger charge is 2.30. The van der Waals surface area contributed by atoms with E-state index in [1.54, 1.807) is 11.1 Å². The summed E-state index contributed by atoms with van der Waals surface area (Å²) in [6, 6.07) is 3.55. The first-order chi connectivity index (χ1) is 11.6. The number of hydrazine groups is 1. The van der Waals surface area contributed by atoms with Gasteiger partial charge < -0.3 is 9.47 Å². The van der Waals surface area contributed by atoms with Crippen molar-refractivity contribution < 1.29 is 9.59 Å². The fraction of sp³-hybridized carbons (Fsp3) is 0.500. The number of carbonyl (C=O) groups excluding carboxylic acids is 2. The van der Waals surface area contributed by atoms with Crippen molar-refractivity contribution in [3.8, 4) is 0 Å². The lowest BCUT2D eigenvalue weighted by atomic mass is 10.2. The lowest BCUT2D eigenvalue weighted by molar-refractivity contribution is -0.124. The predicted octanol–water partition coefficient (Wildman–Crippen LogP) is 1.43. The van der Waals surface area contributed by atoms with Crippen molar-refractivity contribution in [2.45, 2.75) is 32.7 Å². The summed E-state index contributed by atoms with van der Waals surface area (Å²) in [6.45, 7) is 3.47. The summed E-state index contributed by atoms with van der Waals surface area (Å²) >= 11 is 0. The molecule has 128 valence electrons. The summed E-state index contributed by atoms with van der Waals surface area (Å²) in [4.78, 5) is 34.7. The van der Waals surface area contributed by atoms with Crippen molar-refractivity contribution in [3.05, 3.63) is 24.2 Å². The molecule has 0 bridgehead atoms. The highest BCUT2D eigenvalue weighted by atomic mass is 16.2. The molecule has 1 aliphatic rings. The van der Waals surface area contributed by atoms with Crippen LogP contribution in [-0.2, 0) is 18.4 Å². The summed E-state index contributed by atoms with van der Waals surface area (Å²) in [5.74, 6) is 0.662. The number of aryl methyl sites for hydroxylation is 1. The zero-order chi connectivity index (χ0) is 17.1. The molecular weight excluding hydrogens is 308 g/mol. The van der Waals surface area contributed by atoms with E-state index in [0.717, 1.165) is 29.8 Å². The van der Waals surface area contributed by atoms with Crippen molar-refractivity contribution in [2.24, 2.45) is 7.05 Å². The lowest BCUT2D eigenvalue weighted by Gasteiger charge is -2.19. The third kappa shape index (κ3) is 3.17. The van der Waals surface area contributed by atoms with E-state index in [4.69, 9.17) is 0 Å². The summed E-state index contributed by atoms with van der Waals surface area (Å²) in [6.07, 6.45) is 3.94. The third-order valence-electron chi connectivity index (χ3n) is 4.16. The molecule has 3 rings (SSSR count). The molecule has 0 spiro atoms. The zero-order valence-electron chi connectivity index (χ0n) is 14.0.